The average Bonchev–Trinajstić information content (AvgIpc) is 2.84. The van der Waals surface area contributed by atoms with E-state index in [1.165, 1.54) is 12.4 Å². The van der Waals surface area contributed by atoms with E-state index in [4.69, 9.17) is 10.5 Å². The number of piperazine rings is 1. The number of nitrogen functional groups attached to an aromatic ring is 1. The first-order valence-corrected chi connectivity index (χ1v) is 11.3. The molecule has 1 aromatic heterocycles. The molecule has 36 heavy (non-hydrogen) atoms. The molecule has 1 aliphatic heterocycles. The Morgan fingerprint density at radius 3 is 2.33 bits per heavy atom. The van der Waals surface area contributed by atoms with E-state index in [2.05, 4.69) is 32.4 Å². The number of hydrogen-bond donors (Lipinski definition) is 3. The van der Waals surface area contributed by atoms with Crippen LogP contribution in [0.1, 0.15) is 12.5 Å². The minimum Gasteiger partial charge on any atom is -0.439 e. The fourth-order valence-electron chi connectivity index (χ4n) is 3.78. The molecule has 2 aromatic carbocycles. The summed E-state index contributed by atoms with van der Waals surface area (Å²) in [5, 5.41) is 5.12. The van der Waals surface area contributed by atoms with Crippen molar-refractivity contribution in [2.24, 2.45) is 0 Å². The standard InChI is InChI=1S/C24H26F3N7O2/c1-2-33-7-9-34(10-8-33)19-12-16(24(25,26)27)11-18(13-19)32-23(35)31-17-3-5-20(6-4-17)36-22-14-21(28)29-15-30-22/h3-6,11-15H,2,7-10H2,1H3,(H2,28,29,30)(H2,31,32,35). The van der Waals surface area contributed by atoms with E-state index in [0.29, 0.717) is 30.2 Å². The predicted molar refractivity (Wildman–Crippen MR) is 131 cm³/mol. The minimum atomic E-state index is -4.54. The number of carbonyl (C=O) groups excluding carboxylic acids is 1. The molecule has 190 valence electrons. The lowest BCUT2D eigenvalue weighted by Crippen LogP contribution is -2.46. The molecule has 3 aromatic rings. The highest BCUT2D eigenvalue weighted by Crippen LogP contribution is 2.35. The lowest BCUT2D eigenvalue weighted by atomic mass is 10.1. The molecule has 0 radical (unpaired) electrons. The molecule has 0 aliphatic carbocycles. The zero-order valence-corrected chi connectivity index (χ0v) is 19.5. The third-order valence-corrected chi connectivity index (χ3v) is 5.69. The zero-order chi connectivity index (χ0) is 25.7. The van der Waals surface area contributed by atoms with Crippen LogP contribution in [0.3, 0.4) is 0 Å². The maximum Gasteiger partial charge on any atom is 0.416 e. The molecule has 0 bridgehead atoms. The molecular weight excluding hydrogens is 475 g/mol. The largest absolute Gasteiger partial charge is 0.439 e. The van der Waals surface area contributed by atoms with Crippen molar-refractivity contribution in [1.82, 2.24) is 14.9 Å². The normalized spacial score (nSPS) is 14.4. The first-order valence-electron chi connectivity index (χ1n) is 11.3. The van der Waals surface area contributed by atoms with E-state index in [1.54, 1.807) is 30.3 Å². The molecule has 12 heteroatoms. The number of likely N-dealkylation sites (N-methyl/N-ethyl adjacent to an activating group) is 1. The molecular formula is C24H26F3N7O2. The second-order valence-electron chi connectivity index (χ2n) is 8.17. The fourth-order valence-corrected chi connectivity index (χ4v) is 3.78. The monoisotopic (exact) mass is 501 g/mol. The first kappa shape index (κ1) is 25.0. The predicted octanol–water partition coefficient (Wildman–Crippen LogP) is 4.66. The highest BCUT2D eigenvalue weighted by atomic mass is 19.4. The molecule has 4 rings (SSSR count). The van der Waals surface area contributed by atoms with Crippen molar-refractivity contribution in [2.45, 2.75) is 13.1 Å². The van der Waals surface area contributed by atoms with Crippen LogP contribution >= 0.6 is 0 Å². The van der Waals surface area contributed by atoms with Crippen molar-refractivity contribution in [1.29, 1.82) is 0 Å². The van der Waals surface area contributed by atoms with Gasteiger partial charge in [-0.2, -0.15) is 13.2 Å². The number of nitrogens with zero attached hydrogens (tertiary/aromatic N) is 4. The Morgan fingerprint density at radius 1 is 1.00 bits per heavy atom. The molecule has 0 unspecified atom stereocenters. The van der Waals surface area contributed by atoms with Gasteiger partial charge < -0.3 is 30.9 Å². The van der Waals surface area contributed by atoms with Gasteiger partial charge in [-0.15, -0.1) is 0 Å². The van der Waals surface area contributed by atoms with Gasteiger partial charge in [-0.25, -0.2) is 14.8 Å². The van der Waals surface area contributed by atoms with Gasteiger partial charge >= 0.3 is 12.2 Å². The molecule has 1 aliphatic rings. The van der Waals surface area contributed by atoms with Gasteiger partial charge in [0.1, 0.15) is 17.9 Å². The van der Waals surface area contributed by atoms with E-state index in [9.17, 15) is 18.0 Å². The maximum atomic E-state index is 13.6. The minimum absolute atomic E-state index is 0.0524. The lowest BCUT2D eigenvalue weighted by Gasteiger charge is -2.36. The van der Waals surface area contributed by atoms with E-state index in [-0.39, 0.29) is 17.4 Å². The van der Waals surface area contributed by atoms with Crippen LogP contribution in [0, 0.1) is 0 Å². The number of anilines is 4. The number of alkyl halides is 3. The second kappa shape index (κ2) is 10.7. The number of aromatic nitrogens is 2. The molecule has 1 saturated heterocycles. The maximum absolute atomic E-state index is 13.6. The van der Waals surface area contributed by atoms with Crippen molar-refractivity contribution in [3.05, 3.63) is 60.4 Å². The van der Waals surface area contributed by atoms with Crippen molar-refractivity contribution in [3.63, 3.8) is 0 Å². The smallest absolute Gasteiger partial charge is 0.416 e. The third kappa shape index (κ3) is 6.54. The van der Waals surface area contributed by atoms with E-state index >= 15 is 0 Å². The van der Waals surface area contributed by atoms with Gasteiger partial charge in [0.25, 0.3) is 0 Å². The van der Waals surface area contributed by atoms with Gasteiger partial charge in [0, 0.05) is 49.3 Å². The van der Waals surface area contributed by atoms with Crippen LogP contribution in [0.2, 0.25) is 0 Å². The molecule has 0 spiro atoms. The van der Waals surface area contributed by atoms with Gasteiger partial charge in [0.05, 0.1) is 5.56 Å². The summed E-state index contributed by atoms with van der Waals surface area (Å²) in [6, 6.07) is 10.8. The number of hydrogen-bond acceptors (Lipinski definition) is 7. The van der Waals surface area contributed by atoms with Gasteiger partial charge in [-0.3, -0.25) is 0 Å². The summed E-state index contributed by atoms with van der Waals surface area (Å²) in [6.45, 7) is 5.69. The first-order chi connectivity index (χ1) is 17.2. The van der Waals surface area contributed by atoms with Crippen molar-refractivity contribution >= 4 is 28.9 Å². The summed E-state index contributed by atoms with van der Waals surface area (Å²) in [5.74, 6) is 0.970. The second-order valence-corrected chi connectivity index (χ2v) is 8.17. The summed E-state index contributed by atoms with van der Waals surface area (Å²) in [4.78, 5) is 24.4. The number of halogens is 3. The molecule has 1 fully saturated rings. The molecule has 0 saturated carbocycles. The molecule has 4 N–H and O–H groups in total. The van der Waals surface area contributed by atoms with E-state index in [0.717, 1.165) is 31.8 Å². The van der Waals surface area contributed by atoms with Crippen LogP contribution in [-0.4, -0.2) is 53.6 Å². The third-order valence-electron chi connectivity index (χ3n) is 5.69. The van der Waals surface area contributed by atoms with Crippen molar-refractivity contribution in [3.8, 4) is 11.6 Å². The Balaban J connectivity index is 1.43. The lowest BCUT2D eigenvalue weighted by molar-refractivity contribution is -0.137. The van der Waals surface area contributed by atoms with Crippen LogP contribution in [0.4, 0.5) is 40.8 Å². The summed E-state index contributed by atoms with van der Waals surface area (Å²) in [7, 11) is 0. The summed E-state index contributed by atoms with van der Waals surface area (Å²) in [5.41, 5.74) is 5.67. The number of nitrogens with two attached hydrogens (primary N) is 1. The fraction of sp³-hybridized carbons (Fsp3) is 0.292. The summed E-state index contributed by atoms with van der Waals surface area (Å²) < 4.78 is 46.2. The molecule has 0 atom stereocenters. The van der Waals surface area contributed by atoms with Crippen molar-refractivity contribution < 1.29 is 22.7 Å². The van der Waals surface area contributed by atoms with Crippen LogP contribution in [0.15, 0.2) is 54.9 Å². The SMILES string of the molecule is CCN1CCN(c2cc(NC(=O)Nc3ccc(Oc4cc(N)ncn4)cc3)cc(C(F)(F)F)c2)CC1. The number of amides is 2. The number of ether oxygens (including phenoxy) is 1. The zero-order valence-electron chi connectivity index (χ0n) is 19.5. The number of nitrogens with one attached hydrogen (secondary N) is 2. The Bertz CT molecular complexity index is 1200. The Labute approximate surface area is 206 Å². The van der Waals surface area contributed by atoms with Crippen LogP contribution in [0.5, 0.6) is 11.6 Å². The van der Waals surface area contributed by atoms with Gasteiger partial charge in [-0.1, -0.05) is 6.92 Å². The Kier molecular flexibility index (Phi) is 7.44. The topological polar surface area (TPSA) is 109 Å². The quantitative estimate of drug-likeness (QED) is 0.451. The van der Waals surface area contributed by atoms with Gasteiger partial charge in [0.2, 0.25) is 5.88 Å². The van der Waals surface area contributed by atoms with Crippen LogP contribution in [0.25, 0.3) is 0 Å². The highest BCUT2D eigenvalue weighted by molar-refractivity contribution is 6.00. The number of carbonyl (C=O) groups is 1. The number of urea groups is 1. The number of rotatable bonds is 6. The summed E-state index contributed by atoms with van der Waals surface area (Å²) in [6.07, 6.45) is -3.27. The Hall–Kier alpha value is -4.06. The van der Waals surface area contributed by atoms with E-state index in [1.807, 2.05) is 4.90 Å². The van der Waals surface area contributed by atoms with Crippen molar-refractivity contribution in [2.75, 3.05) is 54.0 Å². The highest BCUT2D eigenvalue weighted by Gasteiger charge is 2.32. The average molecular weight is 502 g/mol. The van der Waals surface area contributed by atoms with Gasteiger partial charge in [-0.05, 0) is 49.0 Å². The number of benzene rings is 2. The molecule has 2 heterocycles. The Morgan fingerprint density at radius 2 is 1.69 bits per heavy atom. The molecule has 2 amide bonds. The summed E-state index contributed by atoms with van der Waals surface area (Å²) >= 11 is 0. The van der Waals surface area contributed by atoms with Crippen LogP contribution in [-0.2, 0) is 6.18 Å². The molecule has 9 nitrogen and oxygen atoms in total. The van der Waals surface area contributed by atoms with Gasteiger partial charge in [0.15, 0.2) is 0 Å². The van der Waals surface area contributed by atoms with E-state index < -0.39 is 17.8 Å². The van der Waals surface area contributed by atoms with Crippen LogP contribution < -0.4 is 26.0 Å².